The molecule has 0 aromatic heterocycles. The summed E-state index contributed by atoms with van der Waals surface area (Å²) >= 11 is 12.1. The fourth-order valence-electron chi connectivity index (χ4n) is 4.21. The van der Waals surface area contributed by atoms with Crippen molar-refractivity contribution in [3.05, 3.63) is 81.8 Å². The molecule has 3 rings (SSSR count). The molecular weight excluding hydrogens is 585 g/mol. The Labute approximate surface area is 251 Å². The zero-order valence-electron chi connectivity index (χ0n) is 22.9. The van der Waals surface area contributed by atoms with Gasteiger partial charge in [-0.25, -0.2) is 13.2 Å². The van der Waals surface area contributed by atoms with Gasteiger partial charge in [0, 0.05) is 24.5 Å². The predicted octanol–water partition coefficient (Wildman–Crippen LogP) is 5.71. The molecule has 0 radical (unpaired) electrons. The van der Waals surface area contributed by atoms with E-state index >= 15 is 0 Å². The van der Waals surface area contributed by atoms with Crippen LogP contribution in [0.3, 0.4) is 0 Å². The second-order valence-electron chi connectivity index (χ2n) is 9.72. The topological polar surface area (TPSA) is 151 Å². The molecule has 0 fully saturated rings. The molecule has 0 aliphatic heterocycles. The Kier molecular flexibility index (Phi) is 12.1. The highest BCUT2D eigenvalue weighted by Crippen LogP contribution is 2.31. The van der Waals surface area contributed by atoms with E-state index < -0.39 is 22.2 Å². The first-order valence-corrected chi connectivity index (χ1v) is 15.7. The van der Waals surface area contributed by atoms with Crippen molar-refractivity contribution >= 4 is 56.3 Å². The van der Waals surface area contributed by atoms with Crippen LogP contribution < -0.4 is 26.4 Å². The number of halogens is 2. The molecule has 222 valence electrons. The maximum atomic E-state index is 12.9. The van der Waals surface area contributed by atoms with E-state index in [9.17, 15) is 18.3 Å². The van der Waals surface area contributed by atoms with E-state index in [2.05, 4.69) is 17.0 Å². The molecule has 0 bridgehead atoms. The van der Waals surface area contributed by atoms with Gasteiger partial charge in [0.25, 0.3) is 10.0 Å². The summed E-state index contributed by atoms with van der Waals surface area (Å²) in [5.74, 6) is 0. The molecule has 7 N–H and O–H groups in total. The number of sulfonamides is 1. The van der Waals surface area contributed by atoms with E-state index in [-0.39, 0.29) is 10.6 Å². The van der Waals surface area contributed by atoms with Gasteiger partial charge in [0.05, 0.1) is 26.7 Å². The van der Waals surface area contributed by atoms with Crippen LogP contribution in [0.4, 0.5) is 21.9 Å². The van der Waals surface area contributed by atoms with Gasteiger partial charge in [0.15, 0.2) is 0 Å². The Morgan fingerprint density at radius 1 is 1.00 bits per heavy atom. The summed E-state index contributed by atoms with van der Waals surface area (Å²) in [6, 6.07) is 15.8. The van der Waals surface area contributed by atoms with Gasteiger partial charge in [-0.05, 0) is 79.0 Å². The molecule has 0 saturated heterocycles. The van der Waals surface area contributed by atoms with Crippen LogP contribution in [0.5, 0.6) is 0 Å². The summed E-state index contributed by atoms with van der Waals surface area (Å²) in [7, 11) is -3.83. The van der Waals surface area contributed by atoms with Crippen molar-refractivity contribution in [1.82, 2.24) is 5.32 Å². The van der Waals surface area contributed by atoms with Crippen molar-refractivity contribution in [3.8, 4) is 0 Å². The fraction of sp³-hybridized carbons (Fsp3) is 0.345. The zero-order valence-corrected chi connectivity index (χ0v) is 25.3. The number of rotatable bonds is 15. The van der Waals surface area contributed by atoms with E-state index in [0.29, 0.717) is 53.0 Å². The van der Waals surface area contributed by atoms with Gasteiger partial charge in [-0.1, -0.05) is 61.5 Å². The summed E-state index contributed by atoms with van der Waals surface area (Å²) in [5.41, 5.74) is 14.1. The number of amides is 2. The second kappa shape index (κ2) is 15.3. The van der Waals surface area contributed by atoms with Crippen LogP contribution in [-0.4, -0.2) is 39.2 Å². The summed E-state index contributed by atoms with van der Waals surface area (Å²) in [6.07, 6.45) is 3.83. The SMILES string of the molecule is CCCCCCN(C(N)=O)c1ccc(S(=O)(=O)Nc2ccc(CCNCC(O)c3cc(Cl)c(N)c(Cl)c3)cc2)cc1. The highest BCUT2D eigenvalue weighted by molar-refractivity contribution is 7.92. The third-order valence-corrected chi connectivity index (χ3v) is 8.60. The van der Waals surface area contributed by atoms with Crippen LogP contribution in [0.15, 0.2) is 65.6 Å². The number of benzene rings is 3. The fourth-order valence-corrected chi connectivity index (χ4v) is 5.77. The van der Waals surface area contributed by atoms with Crippen LogP contribution >= 0.6 is 23.2 Å². The molecule has 3 aromatic carbocycles. The van der Waals surface area contributed by atoms with E-state index in [1.165, 1.54) is 17.0 Å². The lowest BCUT2D eigenvalue weighted by Crippen LogP contribution is -2.36. The Hall–Kier alpha value is -3.02. The molecular formula is C29H37Cl2N5O4S. The number of nitrogens with two attached hydrogens (primary N) is 2. The Morgan fingerprint density at radius 3 is 2.22 bits per heavy atom. The summed E-state index contributed by atoms with van der Waals surface area (Å²) in [5, 5.41) is 14.2. The van der Waals surface area contributed by atoms with Crippen LogP contribution in [0.1, 0.15) is 49.8 Å². The van der Waals surface area contributed by atoms with Gasteiger partial charge in [-0.15, -0.1) is 0 Å². The van der Waals surface area contributed by atoms with Gasteiger partial charge in [0.1, 0.15) is 0 Å². The van der Waals surface area contributed by atoms with Crippen LogP contribution in [0.25, 0.3) is 0 Å². The minimum atomic E-state index is -3.83. The van der Waals surface area contributed by atoms with Crippen LogP contribution in [0, 0.1) is 0 Å². The second-order valence-corrected chi connectivity index (χ2v) is 12.2. The smallest absolute Gasteiger partial charge is 0.319 e. The third kappa shape index (κ3) is 9.51. The third-order valence-electron chi connectivity index (χ3n) is 6.58. The van der Waals surface area contributed by atoms with E-state index in [1.54, 1.807) is 36.4 Å². The van der Waals surface area contributed by atoms with Crippen molar-refractivity contribution in [2.24, 2.45) is 5.73 Å². The normalized spacial score (nSPS) is 12.2. The maximum Gasteiger partial charge on any atom is 0.319 e. The number of anilines is 3. The maximum absolute atomic E-state index is 12.9. The summed E-state index contributed by atoms with van der Waals surface area (Å²) in [4.78, 5) is 13.4. The number of primary amides is 1. The molecule has 3 aromatic rings. The first-order chi connectivity index (χ1) is 19.5. The monoisotopic (exact) mass is 621 g/mol. The molecule has 41 heavy (non-hydrogen) atoms. The van der Waals surface area contributed by atoms with Crippen molar-refractivity contribution in [2.75, 3.05) is 35.0 Å². The minimum Gasteiger partial charge on any atom is -0.396 e. The average Bonchev–Trinajstić information content (AvgIpc) is 2.94. The number of urea groups is 1. The minimum absolute atomic E-state index is 0.0761. The highest BCUT2D eigenvalue weighted by atomic mass is 35.5. The number of nitrogen functional groups attached to an aromatic ring is 1. The molecule has 2 amide bonds. The lowest BCUT2D eigenvalue weighted by atomic mass is 10.1. The Balaban J connectivity index is 1.51. The number of hydrogen-bond acceptors (Lipinski definition) is 6. The molecule has 0 aliphatic carbocycles. The first-order valence-electron chi connectivity index (χ1n) is 13.4. The Morgan fingerprint density at radius 2 is 1.63 bits per heavy atom. The van der Waals surface area contributed by atoms with Crippen molar-refractivity contribution in [2.45, 2.75) is 50.0 Å². The number of nitrogens with one attached hydrogen (secondary N) is 2. The molecule has 9 nitrogen and oxygen atoms in total. The number of aliphatic hydroxyl groups excluding tert-OH is 1. The first kappa shape index (κ1) is 32.5. The standard InChI is InChI=1S/C29H37Cl2N5O4S/c1-2-3-4-5-16-36(29(33)38)23-10-12-24(13-11-23)41(39,40)35-22-8-6-20(7-9-22)14-15-34-19-27(37)21-17-25(30)28(32)26(31)18-21/h6-13,17-18,27,34-35,37H,2-5,14-16,19,32H2,1H3,(H2,33,38). The van der Waals surface area contributed by atoms with Crippen molar-refractivity contribution in [3.63, 3.8) is 0 Å². The molecule has 0 heterocycles. The Bertz CT molecular complexity index is 1380. The molecule has 0 saturated carbocycles. The molecule has 12 heteroatoms. The summed E-state index contributed by atoms with van der Waals surface area (Å²) < 4.78 is 28.4. The van der Waals surface area contributed by atoms with Crippen LogP contribution in [-0.2, 0) is 16.4 Å². The van der Waals surface area contributed by atoms with E-state index in [4.69, 9.17) is 34.7 Å². The largest absolute Gasteiger partial charge is 0.396 e. The number of carbonyl (C=O) groups is 1. The predicted molar refractivity (Wildman–Crippen MR) is 167 cm³/mol. The molecule has 0 aliphatic rings. The number of hydrogen-bond donors (Lipinski definition) is 5. The van der Waals surface area contributed by atoms with Gasteiger partial charge >= 0.3 is 6.03 Å². The lowest BCUT2D eigenvalue weighted by molar-refractivity contribution is 0.175. The number of carbonyl (C=O) groups excluding carboxylic acids is 1. The molecule has 1 unspecified atom stereocenters. The van der Waals surface area contributed by atoms with E-state index in [1.807, 2.05) is 12.1 Å². The van der Waals surface area contributed by atoms with Crippen molar-refractivity contribution in [1.29, 1.82) is 0 Å². The van der Waals surface area contributed by atoms with Gasteiger partial charge in [0.2, 0.25) is 0 Å². The van der Waals surface area contributed by atoms with Gasteiger partial charge in [-0.2, -0.15) is 0 Å². The molecule has 0 spiro atoms. The quantitative estimate of drug-likeness (QED) is 0.108. The summed E-state index contributed by atoms with van der Waals surface area (Å²) in [6.45, 7) is 3.48. The molecule has 1 atom stereocenters. The number of aliphatic hydroxyl groups is 1. The van der Waals surface area contributed by atoms with E-state index in [0.717, 1.165) is 31.2 Å². The highest BCUT2D eigenvalue weighted by Gasteiger charge is 2.17. The van der Waals surface area contributed by atoms with Crippen LogP contribution in [0.2, 0.25) is 10.0 Å². The van der Waals surface area contributed by atoms with Gasteiger partial charge < -0.3 is 21.9 Å². The van der Waals surface area contributed by atoms with Crippen molar-refractivity contribution < 1.29 is 18.3 Å². The zero-order chi connectivity index (χ0) is 30.0. The van der Waals surface area contributed by atoms with Gasteiger partial charge in [-0.3, -0.25) is 9.62 Å². The average molecular weight is 623 g/mol. The lowest BCUT2D eigenvalue weighted by Gasteiger charge is -2.21. The number of unbranched alkanes of at least 4 members (excludes halogenated alkanes) is 3. The number of nitrogens with zero attached hydrogens (tertiary/aromatic N) is 1.